The Labute approximate surface area is 144 Å². The number of carbonyl (C=O) groups excluding carboxylic acids is 1. The van der Waals surface area contributed by atoms with Crippen molar-refractivity contribution in [3.05, 3.63) is 35.8 Å². The van der Waals surface area contributed by atoms with E-state index in [0.29, 0.717) is 13.0 Å². The molecule has 1 aliphatic rings. The number of nitrogens with one attached hydrogen (secondary N) is 2. The third-order valence-corrected chi connectivity index (χ3v) is 4.71. The molecule has 0 aliphatic heterocycles. The van der Waals surface area contributed by atoms with Gasteiger partial charge in [-0.2, -0.15) is 0 Å². The van der Waals surface area contributed by atoms with Gasteiger partial charge in [-0.25, -0.2) is 4.68 Å². The standard InChI is InChI=1S/C17H20N6O2/c1-25-11-5-6-14-13(9-11)12-3-2-4-15(17(12)20-14)19-16(24)7-8-23-10-18-21-22-23/h5-6,9-10,15,20H,2-4,7-8H2,1H3,(H,19,24). The Kier molecular flexibility index (Phi) is 4.09. The molecule has 1 amide bonds. The van der Waals surface area contributed by atoms with Gasteiger partial charge in [0.2, 0.25) is 5.91 Å². The van der Waals surface area contributed by atoms with E-state index in [0.717, 1.165) is 36.2 Å². The molecule has 0 saturated carbocycles. The third kappa shape index (κ3) is 3.07. The Morgan fingerprint density at radius 2 is 2.40 bits per heavy atom. The second-order valence-corrected chi connectivity index (χ2v) is 6.26. The Morgan fingerprint density at radius 3 is 3.20 bits per heavy atom. The lowest BCUT2D eigenvalue weighted by molar-refractivity contribution is -0.122. The van der Waals surface area contributed by atoms with Crippen LogP contribution < -0.4 is 10.1 Å². The molecule has 25 heavy (non-hydrogen) atoms. The number of aromatic amines is 1. The largest absolute Gasteiger partial charge is 0.497 e. The van der Waals surface area contributed by atoms with Gasteiger partial charge in [0.25, 0.3) is 0 Å². The molecule has 0 radical (unpaired) electrons. The number of amides is 1. The van der Waals surface area contributed by atoms with Gasteiger partial charge < -0.3 is 15.0 Å². The average molecular weight is 340 g/mol. The van der Waals surface area contributed by atoms with Crippen LogP contribution in [0.15, 0.2) is 24.5 Å². The molecule has 2 aromatic heterocycles. The van der Waals surface area contributed by atoms with Crippen molar-refractivity contribution in [3.63, 3.8) is 0 Å². The van der Waals surface area contributed by atoms with Crippen molar-refractivity contribution in [2.24, 2.45) is 0 Å². The quantitative estimate of drug-likeness (QED) is 0.737. The van der Waals surface area contributed by atoms with Crippen molar-refractivity contribution >= 4 is 16.8 Å². The molecule has 1 unspecified atom stereocenters. The van der Waals surface area contributed by atoms with Crippen molar-refractivity contribution in [2.45, 2.75) is 38.3 Å². The second-order valence-electron chi connectivity index (χ2n) is 6.26. The lowest BCUT2D eigenvalue weighted by Crippen LogP contribution is -2.31. The van der Waals surface area contributed by atoms with Gasteiger partial charge in [-0.15, -0.1) is 5.10 Å². The second kappa shape index (κ2) is 6.54. The molecule has 8 nitrogen and oxygen atoms in total. The molecule has 1 aliphatic carbocycles. The van der Waals surface area contributed by atoms with Crippen LogP contribution in [0.25, 0.3) is 10.9 Å². The first-order chi connectivity index (χ1) is 12.2. The summed E-state index contributed by atoms with van der Waals surface area (Å²) in [5.41, 5.74) is 3.48. The highest BCUT2D eigenvalue weighted by Gasteiger charge is 2.25. The minimum absolute atomic E-state index is 0.00425. The summed E-state index contributed by atoms with van der Waals surface area (Å²) < 4.78 is 6.90. The number of tetrazole rings is 1. The van der Waals surface area contributed by atoms with Crippen molar-refractivity contribution in [1.82, 2.24) is 30.5 Å². The van der Waals surface area contributed by atoms with Crippen LogP contribution in [0.3, 0.4) is 0 Å². The fourth-order valence-corrected chi connectivity index (χ4v) is 3.48. The van der Waals surface area contributed by atoms with Gasteiger partial charge >= 0.3 is 0 Å². The summed E-state index contributed by atoms with van der Waals surface area (Å²) in [6, 6.07) is 6.06. The Bertz CT molecular complexity index is 886. The molecule has 0 saturated heterocycles. The zero-order chi connectivity index (χ0) is 17.2. The molecule has 2 heterocycles. The maximum atomic E-state index is 12.3. The number of hydrogen-bond acceptors (Lipinski definition) is 5. The lowest BCUT2D eigenvalue weighted by Gasteiger charge is -2.23. The van der Waals surface area contributed by atoms with Gasteiger partial charge in [-0.1, -0.05) is 0 Å². The molecule has 8 heteroatoms. The van der Waals surface area contributed by atoms with E-state index in [2.05, 4.69) is 31.9 Å². The lowest BCUT2D eigenvalue weighted by atomic mass is 9.91. The number of rotatable bonds is 5. The normalized spacial score (nSPS) is 16.6. The van der Waals surface area contributed by atoms with Crippen molar-refractivity contribution in [3.8, 4) is 5.75 Å². The van der Waals surface area contributed by atoms with E-state index in [1.165, 1.54) is 17.3 Å². The van der Waals surface area contributed by atoms with Crippen LogP contribution in [-0.4, -0.2) is 38.2 Å². The van der Waals surface area contributed by atoms with Crippen LogP contribution >= 0.6 is 0 Å². The summed E-state index contributed by atoms with van der Waals surface area (Å²) in [7, 11) is 1.67. The van der Waals surface area contributed by atoms with E-state index >= 15 is 0 Å². The maximum Gasteiger partial charge on any atom is 0.222 e. The van der Waals surface area contributed by atoms with Crippen LogP contribution in [0.4, 0.5) is 0 Å². The monoisotopic (exact) mass is 340 g/mol. The molecule has 0 spiro atoms. The van der Waals surface area contributed by atoms with Gasteiger partial charge in [-0.3, -0.25) is 4.79 Å². The fourth-order valence-electron chi connectivity index (χ4n) is 3.48. The van der Waals surface area contributed by atoms with Gasteiger partial charge in [-0.05, 0) is 53.5 Å². The van der Waals surface area contributed by atoms with Crippen molar-refractivity contribution < 1.29 is 9.53 Å². The minimum Gasteiger partial charge on any atom is -0.497 e. The highest BCUT2D eigenvalue weighted by atomic mass is 16.5. The van der Waals surface area contributed by atoms with E-state index in [9.17, 15) is 4.79 Å². The van der Waals surface area contributed by atoms with Crippen LogP contribution in [0.5, 0.6) is 5.75 Å². The average Bonchev–Trinajstić information content (AvgIpc) is 3.27. The van der Waals surface area contributed by atoms with E-state index in [1.807, 2.05) is 12.1 Å². The Morgan fingerprint density at radius 1 is 1.48 bits per heavy atom. The van der Waals surface area contributed by atoms with E-state index in [1.54, 1.807) is 11.8 Å². The summed E-state index contributed by atoms with van der Waals surface area (Å²) in [6.45, 7) is 0.475. The first kappa shape index (κ1) is 15.6. The first-order valence-electron chi connectivity index (χ1n) is 8.43. The number of aromatic nitrogens is 5. The number of H-pyrrole nitrogens is 1. The van der Waals surface area contributed by atoms with Gasteiger partial charge in [0.05, 0.1) is 19.7 Å². The Hall–Kier alpha value is -2.90. The fraction of sp³-hybridized carbons (Fsp3) is 0.412. The molecule has 1 atom stereocenters. The number of carbonyl (C=O) groups is 1. The number of ether oxygens (including phenoxy) is 1. The molecule has 0 fully saturated rings. The minimum atomic E-state index is 0.00425. The molecular weight excluding hydrogens is 320 g/mol. The van der Waals surface area contributed by atoms with E-state index in [4.69, 9.17) is 4.74 Å². The number of benzene rings is 1. The molecule has 2 N–H and O–H groups in total. The topological polar surface area (TPSA) is 97.7 Å². The molecule has 0 bridgehead atoms. The first-order valence-corrected chi connectivity index (χ1v) is 8.43. The van der Waals surface area contributed by atoms with Crippen molar-refractivity contribution in [1.29, 1.82) is 0 Å². The van der Waals surface area contributed by atoms with Crippen molar-refractivity contribution in [2.75, 3.05) is 7.11 Å². The zero-order valence-electron chi connectivity index (χ0n) is 14.0. The van der Waals surface area contributed by atoms with Crippen LogP contribution in [0, 0.1) is 0 Å². The SMILES string of the molecule is COc1ccc2[nH]c3c(c2c1)CCCC3NC(=O)CCn1cnnn1. The predicted octanol–water partition coefficient (Wildman–Crippen LogP) is 1.75. The Balaban J connectivity index is 1.52. The molecule has 1 aromatic carbocycles. The summed E-state index contributed by atoms with van der Waals surface area (Å²) >= 11 is 0. The zero-order valence-corrected chi connectivity index (χ0v) is 14.0. The number of hydrogen-bond donors (Lipinski definition) is 2. The van der Waals surface area contributed by atoms with Gasteiger partial charge in [0.1, 0.15) is 12.1 Å². The molecule has 130 valence electrons. The molecular formula is C17H20N6O2. The highest BCUT2D eigenvalue weighted by Crippen LogP contribution is 2.36. The highest BCUT2D eigenvalue weighted by molar-refractivity contribution is 5.87. The molecule has 4 rings (SSSR count). The summed E-state index contributed by atoms with van der Waals surface area (Å²) in [6.07, 6.45) is 4.87. The van der Waals surface area contributed by atoms with E-state index < -0.39 is 0 Å². The summed E-state index contributed by atoms with van der Waals surface area (Å²) in [5.74, 6) is 0.853. The van der Waals surface area contributed by atoms with Gasteiger partial charge in [0, 0.05) is 23.0 Å². The predicted molar refractivity (Wildman–Crippen MR) is 91.1 cm³/mol. The number of fused-ring (bicyclic) bond motifs is 3. The summed E-state index contributed by atoms with van der Waals surface area (Å²) in [5, 5.41) is 15.2. The third-order valence-electron chi connectivity index (χ3n) is 4.71. The van der Waals surface area contributed by atoms with Crippen LogP contribution in [-0.2, 0) is 17.8 Å². The number of nitrogens with zero attached hydrogens (tertiary/aromatic N) is 4. The van der Waals surface area contributed by atoms with Gasteiger partial charge in [0.15, 0.2) is 0 Å². The number of aryl methyl sites for hydroxylation is 2. The smallest absolute Gasteiger partial charge is 0.222 e. The van der Waals surface area contributed by atoms with Crippen LogP contribution in [0.2, 0.25) is 0 Å². The maximum absolute atomic E-state index is 12.3. The number of methoxy groups -OCH3 is 1. The van der Waals surface area contributed by atoms with E-state index in [-0.39, 0.29) is 11.9 Å². The summed E-state index contributed by atoms with van der Waals surface area (Å²) in [4.78, 5) is 15.8. The van der Waals surface area contributed by atoms with Crippen LogP contribution in [0.1, 0.15) is 36.6 Å². The molecule has 3 aromatic rings.